The van der Waals surface area contributed by atoms with Crippen molar-refractivity contribution in [3.05, 3.63) is 53.7 Å². The molecule has 0 radical (unpaired) electrons. The molecule has 0 saturated heterocycles. The van der Waals surface area contributed by atoms with Crippen LogP contribution in [-0.4, -0.2) is 13.4 Å². The molecule has 0 unspecified atom stereocenters. The van der Waals surface area contributed by atoms with Crippen LogP contribution in [0.3, 0.4) is 0 Å². The summed E-state index contributed by atoms with van der Waals surface area (Å²) in [6, 6.07) is 10.5. The molecule has 20 heavy (non-hydrogen) atoms. The van der Waals surface area contributed by atoms with Gasteiger partial charge in [0, 0.05) is 11.9 Å². The first kappa shape index (κ1) is 14.5. The molecule has 2 aromatic rings. The largest absolute Gasteiger partial charge is 0.279 e. The SMILES string of the molecule is Cc1cccc(NS(=O)(=O)c2ccc(C(C)C)cn2)c1. The second-order valence-corrected chi connectivity index (χ2v) is 6.69. The Labute approximate surface area is 119 Å². The third kappa shape index (κ3) is 3.36. The van der Waals surface area contributed by atoms with E-state index in [1.807, 2.05) is 32.9 Å². The number of rotatable bonds is 4. The second-order valence-electron chi connectivity index (χ2n) is 5.06. The molecule has 0 atom stereocenters. The first-order valence-electron chi connectivity index (χ1n) is 6.44. The van der Waals surface area contributed by atoms with E-state index in [0.717, 1.165) is 11.1 Å². The van der Waals surface area contributed by atoms with Crippen LogP contribution in [0.4, 0.5) is 5.69 Å². The van der Waals surface area contributed by atoms with Gasteiger partial charge < -0.3 is 0 Å². The molecule has 106 valence electrons. The number of hydrogen-bond acceptors (Lipinski definition) is 3. The number of nitrogens with zero attached hydrogens (tertiary/aromatic N) is 1. The van der Waals surface area contributed by atoms with Gasteiger partial charge in [-0.1, -0.05) is 32.0 Å². The maximum absolute atomic E-state index is 12.2. The molecule has 1 heterocycles. The molecular formula is C15H18N2O2S. The van der Waals surface area contributed by atoms with Crippen molar-refractivity contribution in [2.24, 2.45) is 0 Å². The number of aryl methyl sites for hydroxylation is 1. The number of aromatic nitrogens is 1. The Bertz CT molecular complexity index is 692. The van der Waals surface area contributed by atoms with E-state index in [-0.39, 0.29) is 5.03 Å². The molecule has 1 aromatic heterocycles. The van der Waals surface area contributed by atoms with Gasteiger partial charge in [0.2, 0.25) is 0 Å². The van der Waals surface area contributed by atoms with Gasteiger partial charge in [-0.25, -0.2) is 4.98 Å². The highest BCUT2D eigenvalue weighted by atomic mass is 32.2. The van der Waals surface area contributed by atoms with Crippen molar-refractivity contribution in [1.29, 1.82) is 0 Å². The molecule has 0 spiro atoms. The Morgan fingerprint density at radius 3 is 2.45 bits per heavy atom. The molecule has 5 heteroatoms. The van der Waals surface area contributed by atoms with Crippen molar-refractivity contribution in [2.75, 3.05) is 4.72 Å². The monoisotopic (exact) mass is 290 g/mol. The van der Waals surface area contributed by atoms with Crippen LogP contribution in [0.1, 0.15) is 30.9 Å². The van der Waals surface area contributed by atoms with Crippen LogP contribution >= 0.6 is 0 Å². The molecule has 2 rings (SSSR count). The van der Waals surface area contributed by atoms with E-state index in [4.69, 9.17) is 0 Å². The Kier molecular flexibility index (Phi) is 4.09. The quantitative estimate of drug-likeness (QED) is 0.939. The average molecular weight is 290 g/mol. The predicted octanol–water partition coefficient (Wildman–Crippen LogP) is 3.31. The van der Waals surface area contributed by atoms with Crippen LogP contribution in [0, 0.1) is 6.92 Å². The maximum Gasteiger partial charge on any atom is 0.279 e. The number of benzene rings is 1. The summed E-state index contributed by atoms with van der Waals surface area (Å²) in [5, 5.41) is 0.0309. The molecule has 0 aliphatic carbocycles. The van der Waals surface area contributed by atoms with Gasteiger partial charge in [0.25, 0.3) is 10.0 Å². The Morgan fingerprint density at radius 2 is 1.90 bits per heavy atom. The van der Waals surface area contributed by atoms with Crippen LogP contribution in [-0.2, 0) is 10.0 Å². The molecule has 0 amide bonds. The fourth-order valence-corrected chi connectivity index (χ4v) is 2.79. The summed E-state index contributed by atoms with van der Waals surface area (Å²) < 4.78 is 27.0. The smallest absolute Gasteiger partial charge is 0.278 e. The minimum Gasteiger partial charge on any atom is -0.278 e. The molecule has 1 aromatic carbocycles. The summed E-state index contributed by atoms with van der Waals surface area (Å²) in [6.45, 7) is 5.99. The average Bonchev–Trinajstić information content (AvgIpc) is 2.38. The van der Waals surface area contributed by atoms with E-state index < -0.39 is 10.0 Å². The first-order valence-corrected chi connectivity index (χ1v) is 7.92. The highest BCUT2D eigenvalue weighted by Crippen LogP contribution is 2.18. The number of pyridine rings is 1. The first-order chi connectivity index (χ1) is 9.38. The lowest BCUT2D eigenvalue weighted by atomic mass is 10.1. The molecule has 1 N–H and O–H groups in total. The lowest BCUT2D eigenvalue weighted by Crippen LogP contribution is -2.14. The summed E-state index contributed by atoms with van der Waals surface area (Å²) in [5.41, 5.74) is 2.55. The van der Waals surface area contributed by atoms with E-state index >= 15 is 0 Å². The Balaban J connectivity index is 2.26. The Hall–Kier alpha value is -1.88. The molecule has 0 fully saturated rings. The lowest BCUT2D eigenvalue weighted by Gasteiger charge is -2.09. The van der Waals surface area contributed by atoms with E-state index in [9.17, 15) is 8.42 Å². The number of nitrogens with one attached hydrogen (secondary N) is 1. The summed E-state index contributed by atoms with van der Waals surface area (Å²) >= 11 is 0. The van der Waals surface area contributed by atoms with Crippen LogP contribution in [0.15, 0.2) is 47.6 Å². The minimum atomic E-state index is -3.63. The van der Waals surface area contributed by atoms with Crippen molar-refractivity contribution in [3.8, 4) is 0 Å². The van der Waals surface area contributed by atoms with Gasteiger partial charge in [0.15, 0.2) is 5.03 Å². The van der Waals surface area contributed by atoms with Crippen LogP contribution in [0.5, 0.6) is 0 Å². The van der Waals surface area contributed by atoms with Crippen molar-refractivity contribution in [1.82, 2.24) is 4.98 Å². The van der Waals surface area contributed by atoms with Crippen molar-refractivity contribution in [3.63, 3.8) is 0 Å². The van der Waals surface area contributed by atoms with Gasteiger partial charge in [0.1, 0.15) is 0 Å². The van der Waals surface area contributed by atoms with E-state index in [1.54, 1.807) is 24.4 Å². The standard InChI is InChI=1S/C15H18N2O2S/c1-11(2)13-7-8-15(16-10-13)20(18,19)17-14-6-4-5-12(3)9-14/h4-11,17H,1-3H3. The molecule has 0 aliphatic rings. The topological polar surface area (TPSA) is 59.1 Å². The second kappa shape index (κ2) is 5.63. The molecular weight excluding hydrogens is 272 g/mol. The number of sulfonamides is 1. The molecule has 0 saturated carbocycles. The van der Waals surface area contributed by atoms with Crippen molar-refractivity contribution >= 4 is 15.7 Å². The normalized spacial score (nSPS) is 11.6. The zero-order chi connectivity index (χ0) is 14.8. The molecule has 4 nitrogen and oxygen atoms in total. The maximum atomic E-state index is 12.2. The van der Waals surface area contributed by atoms with Gasteiger partial charge in [-0.15, -0.1) is 0 Å². The minimum absolute atomic E-state index is 0.0309. The van der Waals surface area contributed by atoms with Crippen molar-refractivity contribution < 1.29 is 8.42 Å². The Morgan fingerprint density at radius 1 is 1.15 bits per heavy atom. The van der Waals surface area contributed by atoms with Crippen LogP contribution in [0.2, 0.25) is 0 Å². The summed E-state index contributed by atoms with van der Waals surface area (Å²) in [5.74, 6) is 0.323. The van der Waals surface area contributed by atoms with Gasteiger partial charge in [-0.05, 0) is 42.2 Å². The summed E-state index contributed by atoms with van der Waals surface area (Å²) in [6.07, 6.45) is 1.61. The van der Waals surface area contributed by atoms with E-state index in [1.165, 1.54) is 6.07 Å². The number of anilines is 1. The molecule has 0 aliphatic heterocycles. The van der Waals surface area contributed by atoms with Gasteiger partial charge in [0.05, 0.1) is 0 Å². The highest BCUT2D eigenvalue weighted by Gasteiger charge is 2.16. The third-order valence-electron chi connectivity index (χ3n) is 2.97. The van der Waals surface area contributed by atoms with Gasteiger partial charge in [-0.3, -0.25) is 4.72 Å². The zero-order valence-electron chi connectivity index (χ0n) is 11.8. The van der Waals surface area contributed by atoms with Gasteiger partial charge in [-0.2, -0.15) is 8.42 Å². The van der Waals surface area contributed by atoms with Crippen molar-refractivity contribution in [2.45, 2.75) is 31.7 Å². The highest BCUT2D eigenvalue weighted by molar-refractivity contribution is 7.92. The molecule has 0 bridgehead atoms. The van der Waals surface area contributed by atoms with Crippen LogP contribution < -0.4 is 4.72 Å². The van der Waals surface area contributed by atoms with E-state index in [0.29, 0.717) is 11.6 Å². The third-order valence-corrected chi connectivity index (χ3v) is 4.27. The zero-order valence-corrected chi connectivity index (χ0v) is 12.6. The predicted molar refractivity (Wildman–Crippen MR) is 80.3 cm³/mol. The fourth-order valence-electron chi connectivity index (χ4n) is 1.81. The summed E-state index contributed by atoms with van der Waals surface area (Å²) in [7, 11) is -3.63. The summed E-state index contributed by atoms with van der Waals surface area (Å²) in [4.78, 5) is 4.04. The van der Waals surface area contributed by atoms with Crippen LogP contribution in [0.25, 0.3) is 0 Å². The fraction of sp³-hybridized carbons (Fsp3) is 0.267. The van der Waals surface area contributed by atoms with Gasteiger partial charge >= 0.3 is 0 Å². The van der Waals surface area contributed by atoms with E-state index in [2.05, 4.69) is 9.71 Å². The lowest BCUT2D eigenvalue weighted by molar-refractivity contribution is 0.597. The number of hydrogen-bond donors (Lipinski definition) is 1.